The minimum atomic E-state index is -3.28. The third kappa shape index (κ3) is 6.66. The van der Waals surface area contributed by atoms with Crippen molar-refractivity contribution < 1.29 is 28.1 Å². The molecule has 2 aromatic carbocycles. The molecule has 0 aliphatic carbocycles. The SMILES string of the molecule is COC(=O)C[C@H](O)CP(=O)(CCc1c(C(C)C)nc(-c2ccccc2)n1-c1ccc(F)cc1)OC. The molecule has 188 valence electrons. The van der Waals surface area contributed by atoms with Crippen LogP contribution in [0.5, 0.6) is 0 Å². The van der Waals surface area contributed by atoms with Crippen LogP contribution in [0.2, 0.25) is 0 Å². The van der Waals surface area contributed by atoms with Gasteiger partial charge >= 0.3 is 5.97 Å². The molecule has 1 heterocycles. The summed E-state index contributed by atoms with van der Waals surface area (Å²) in [6, 6.07) is 15.9. The van der Waals surface area contributed by atoms with Crippen molar-refractivity contribution in [3.8, 4) is 17.1 Å². The number of carbonyl (C=O) groups is 1. The van der Waals surface area contributed by atoms with Gasteiger partial charge in [0.15, 0.2) is 0 Å². The van der Waals surface area contributed by atoms with E-state index in [2.05, 4.69) is 4.74 Å². The fourth-order valence-corrected chi connectivity index (χ4v) is 5.86. The molecule has 3 rings (SSSR count). The summed E-state index contributed by atoms with van der Waals surface area (Å²) in [5.74, 6) is -0.150. The lowest BCUT2D eigenvalue weighted by Gasteiger charge is -2.20. The number of methoxy groups -OCH3 is 1. The van der Waals surface area contributed by atoms with Gasteiger partial charge in [-0.3, -0.25) is 13.9 Å². The van der Waals surface area contributed by atoms with Gasteiger partial charge in [-0.1, -0.05) is 44.2 Å². The van der Waals surface area contributed by atoms with Gasteiger partial charge in [0.25, 0.3) is 0 Å². The minimum Gasteiger partial charge on any atom is -0.469 e. The van der Waals surface area contributed by atoms with Crippen molar-refractivity contribution in [1.82, 2.24) is 9.55 Å². The quantitative estimate of drug-likeness (QED) is 0.287. The van der Waals surface area contributed by atoms with Crippen LogP contribution in [0.25, 0.3) is 17.1 Å². The monoisotopic (exact) mass is 502 g/mol. The van der Waals surface area contributed by atoms with Gasteiger partial charge in [-0.2, -0.15) is 0 Å². The lowest BCUT2D eigenvalue weighted by molar-refractivity contribution is -0.142. The Morgan fingerprint density at radius 1 is 1.11 bits per heavy atom. The predicted molar refractivity (Wildman–Crippen MR) is 134 cm³/mol. The number of rotatable bonds is 11. The van der Waals surface area contributed by atoms with Crippen molar-refractivity contribution in [2.24, 2.45) is 0 Å². The smallest absolute Gasteiger partial charge is 0.308 e. The van der Waals surface area contributed by atoms with Gasteiger partial charge in [-0.05, 0) is 36.6 Å². The first-order valence-corrected chi connectivity index (χ1v) is 13.5. The van der Waals surface area contributed by atoms with E-state index in [1.54, 1.807) is 12.1 Å². The van der Waals surface area contributed by atoms with Crippen LogP contribution in [0.15, 0.2) is 54.6 Å². The standard InChI is InChI=1S/C26H32FN2O5P/c1-18(2)25-23(14-15-35(32,34-4)17-22(30)16-24(31)33-3)29(21-12-10-20(27)11-13-21)26(28-25)19-8-6-5-7-9-19/h5-13,18,22,30H,14-17H2,1-4H3/t22-,35?/m0/s1. The van der Waals surface area contributed by atoms with Crippen molar-refractivity contribution in [3.05, 3.63) is 71.8 Å². The molecule has 9 heteroatoms. The zero-order valence-corrected chi connectivity index (χ0v) is 21.4. The Kier molecular flexibility index (Phi) is 9.00. The fourth-order valence-electron chi connectivity index (χ4n) is 4.02. The average Bonchev–Trinajstić information content (AvgIpc) is 3.23. The van der Waals surface area contributed by atoms with Gasteiger partial charge in [-0.25, -0.2) is 9.37 Å². The third-order valence-corrected chi connectivity index (χ3v) is 8.36. The number of benzene rings is 2. The number of aliphatic hydroxyl groups excluding tert-OH is 1. The maximum atomic E-state index is 13.7. The molecule has 0 spiro atoms. The van der Waals surface area contributed by atoms with E-state index in [1.807, 2.05) is 48.7 Å². The van der Waals surface area contributed by atoms with Crippen molar-refractivity contribution in [2.75, 3.05) is 26.5 Å². The normalized spacial score (nSPS) is 14.0. The molecule has 1 N–H and O–H groups in total. The highest BCUT2D eigenvalue weighted by molar-refractivity contribution is 7.59. The fraction of sp³-hybridized carbons (Fsp3) is 0.385. The van der Waals surface area contributed by atoms with E-state index >= 15 is 0 Å². The van der Waals surface area contributed by atoms with Crippen molar-refractivity contribution >= 4 is 13.3 Å². The molecule has 3 aromatic rings. The number of hydrogen-bond acceptors (Lipinski definition) is 6. The number of aliphatic hydroxyl groups is 1. The summed E-state index contributed by atoms with van der Waals surface area (Å²) in [4.78, 5) is 16.5. The molecule has 0 saturated heterocycles. The highest BCUT2D eigenvalue weighted by Gasteiger charge is 2.30. The Bertz CT molecular complexity index is 1180. The van der Waals surface area contributed by atoms with Crippen LogP contribution in [0, 0.1) is 5.82 Å². The zero-order chi connectivity index (χ0) is 25.6. The lowest BCUT2D eigenvalue weighted by atomic mass is 10.1. The van der Waals surface area contributed by atoms with Crippen molar-refractivity contribution in [2.45, 2.75) is 38.7 Å². The number of aromatic nitrogens is 2. The Morgan fingerprint density at radius 2 is 1.77 bits per heavy atom. The van der Waals surface area contributed by atoms with Gasteiger partial charge in [0, 0.05) is 30.2 Å². The summed E-state index contributed by atoms with van der Waals surface area (Å²) in [5.41, 5.74) is 3.31. The molecule has 35 heavy (non-hydrogen) atoms. The van der Waals surface area contributed by atoms with E-state index in [1.165, 1.54) is 26.4 Å². The Morgan fingerprint density at radius 3 is 2.34 bits per heavy atom. The molecule has 0 saturated carbocycles. The first-order chi connectivity index (χ1) is 16.7. The van der Waals surface area contributed by atoms with E-state index < -0.39 is 19.4 Å². The van der Waals surface area contributed by atoms with Crippen LogP contribution in [0.3, 0.4) is 0 Å². The summed E-state index contributed by atoms with van der Waals surface area (Å²) >= 11 is 0. The molecular formula is C26H32FN2O5P. The second-order valence-electron chi connectivity index (χ2n) is 8.69. The summed E-state index contributed by atoms with van der Waals surface area (Å²) in [5, 5.41) is 10.3. The van der Waals surface area contributed by atoms with E-state index in [0.717, 1.165) is 22.6 Å². The van der Waals surface area contributed by atoms with Crippen LogP contribution < -0.4 is 0 Å². The Labute approximate surface area is 205 Å². The first kappa shape index (κ1) is 26.8. The van der Waals surface area contributed by atoms with Crippen molar-refractivity contribution in [3.63, 3.8) is 0 Å². The second kappa shape index (κ2) is 11.8. The highest BCUT2D eigenvalue weighted by atomic mass is 31.2. The maximum absolute atomic E-state index is 13.7. The van der Waals surface area contributed by atoms with Gasteiger partial charge in [0.2, 0.25) is 7.37 Å². The number of imidazole rings is 1. The van der Waals surface area contributed by atoms with Crippen molar-refractivity contribution in [1.29, 1.82) is 0 Å². The van der Waals surface area contributed by atoms with E-state index in [0.29, 0.717) is 12.2 Å². The molecule has 0 aliphatic heterocycles. The molecule has 0 amide bonds. The number of hydrogen-bond donors (Lipinski definition) is 1. The van der Waals surface area contributed by atoms with Gasteiger partial charge in [0.05, 0.1) is 31.5 Å². The molecule has 2 atom stereocenters. The third-order valence-electron chi connectivity index (χ3n) is 5.81. The first-order valence-electron chi connectivity index (χ1n) is 11.5. The number of halogens is 1. The predicted octanol–water partition coefficient (Wildman–Crippen LogP) is 5.19. The second-order valence-corrected chi connectivity index (χ2v) is 11.5. The van der Waals surface area contributed by atoms with E-state index in [-0.39, 0.29) is 30.5 Å². The van der Waals surface area contributed by atoms with Crippen LogP contribution in [0.4, 0.5) is 4.39 Å². The van der Waals surface area contributed by atoms with Gasteiger partial charge < -0.3 is 14.4 Å². The number of carbonyl (C=O) groups excluding carboxylic acids is 1. The number of ether oxygens (including phenoxy) is 1. The molecular weight excluding hydrogens is 470 g/mol. The number of esters is 1. The van der Waals surface area contributed by atoms with Crippen LogP contribution in [-0.4, -0.2) is 53.3 Å². The number of nitrogens with zero attached hydrogens (tertiary/aromatic N) is 2. The summed E-state index contributed by atoms with van der Waals surface area (Å²) in [7, 11) is -0.695. The van der Waals surface area contributed by atoms with E-state index in [9.17, 15) is 18.9 Å². The lowest BCUT2D eigenvalue weighted by Crippen LogP contribution is -2.20. The zero-order valence-electron chi connectivity index (χ0n) is 20.5. The summed E-state index contributed by atoms with van der Waals surface area (Å²) in [6.07, 6.45) is -1.07. The van der Waals surface area contributed by atoms with Crippen LogP contribution in [-0.2, 0) is 25.0 Å². The highest BCUT2D eigenvalue weighted by Crippen LogP contribution is 2.48. The average molecular weight is 503 g/mol. The Balaban J connectivity index is 2.03. The Hall–Kier alpha value is -2.80. The minimum absolute atomic E-state index is 0.0704. The molecule has 0 fully saturated rings. The topological polar surface area (TPSA) is 90.7 Å². The molecule has 0 radical (unpaired) electrons. The van der Waals surface area contributed by atoms with E-state index in [4.69, 9.17) is 9.51 Å². The molecule has 7 nitrogen and oxygen atoms in total. The maximum Gasteiger partial charge on any atom is 0.308 e. The summed E-state index contributed by atoms with van der Waals surface area (Å²) in [6.45, 7) is 4.07. The molecule has 0 aliphatic rings. The van der Waals surface area contributed by atoms with Gasteiger partial charge in [0.1, 0.15) is 11.6 Å². The molecule has 0 bridgehead atoms. The van der Waals surface area contributed by atoms with Crippen LogP contribution >= 0.6 is 7.37 Å². The molecule has 1 aromatic heterocycles. The largest absolute Gasteiger partial charge is 0.469 e. The molecule has 1 unspecified atom stereocenters. The van der Waals surface area contributed by atoms with Gasteiger partial charge in [-0.15, -0.1) is 0 Å². The summed E-state index contributed by atoms with van der Waals surface area (Å²) < 4.78 is 39.1. The van der Waals surface area contributed by atoms with Crippen LogP contribution in [0.1, 0.15) is 37.6 Å².